The molecule has 0 fully saturated rings. The van der Waals surface area contributed by atoms with Crippen LogP contribution in [0.5, 0.6) is 0 Å². The van der Waals surface area contributed by atoms with E-state index in [9.17, 15) is 8.42 Å². The van der Waals surface area contributed by atoms with E-state index < -0.39 is 10.0 Å². The van der Waals surface area contributed by atoms with Gasteiger partial charge in [0.1, 0.15) is 0 Å². The predicted octanol–water partition coefficient (Wildman–Crippen LogP) is 0.879. The van der Waals surface area contributed by atoms with Crippen molar-refractivity contribution in [3.05, 3.63) is 16.3 Å². The van der Waals surface area contributed by atoms with Crippen LogP contribution in [0.1, 0.15) is 11.8 Å². The van der Waals surface area contributed by atoms with Gasteiger partial charge in [-0.2, -0.15) is 4.31 Å². The van der Waals surface area contributed by atoms with Crippen LogP contribution >= 0.6 is 11.3 Å². The van der Waals surface area contributed by atoms with Crippen molar-refractivity contribution in [1.82, 2.24) is 4.31 Å². The molecular weight excluding hydrogens is 300 g/mol. The molecule has 0 aliphatic carbocycles. The fourth-order valence-electron chi connectivity index (χ4n) is 1.82. The molecule has 0 aliphatic heterocycles. The first-order valence-electron chi connectivity index (χ1n) is 6.24. The van der Waals surface area contributed by atoms with Gasteiger partial charge in [-0.1, -0.05) is 0 Å². The Labute approximate surface area is 124 Å². The first-order chi connectivity index (χ1) is 9.47. The van der Waals surface area contributed by atoms with Crippen molar-refractivity contribution >= 4 is 21.4 Å². The van der Waals surface area contributed by atoms with Crippen LogP contribution in [-0.4, -0.2) is 52.7 Å². The number of methoxy groups -OCH3 is 2. The van der Waals surface area contributed by atoms with Crippen molar-refractivity contribution in [3.8, 4) is 0 Å². The lowest BCUT2D eigenvalue weighted by molar-refractivity contribution is 0.119. The number of hydrogen-bond acceptors (Lipinski definition) is 6. The Morgan fingerprint density at radius 3 is 2.60 bits per heavy atom. The number of sulfonamides is 1. The first-order valence-corrected chi connectivity index (χ1v) is 8.56. The van der Waals surface area contributed by atoms with E-state index in [1.165, 1.54) is 15.6 Å². The van der Waals surface area contributed by atoms with Crippen LogP contribution < -0.4 is 5.73 Å². The highest BCUT2D eigenvalue weighted by atomic mass is 32.2. The van der Waals surface area contributed by atoms with Crippen LogP contribution in [0.2, 0.25) is 0 Å². The average molecular weight is 322 g/mol. The molecule has 1 aromatic heterocycles. The summed E-state index contributed by atoms with van der Waals surface area (Å²) >= 11 is 1.35. The molecule has 1 heterocycles. The molecule has 0 saturated heterocycles. The summed E-state index contributed by atoms with van der Waals surface area (Å²) in [7, 11) is -0.461. The minimum absolute atomic E-state index is 0.263. The van der Waals surface area contributed by atoms with Crippen molar-refractivity contribution in [2.24, 2.45) is 5.73 Å². The number of nitrogens with two attached hydrogens (primary N) is 1. The summed E-state index contributed by atoms with van der Waals surface area (Å²) < 4.78 is 36.8. The smallest absolute Gasteiger partial charge is 0.244 e. The van der Waals surface area contributed by atoms with Crippen molar-refractivity contribution in [2.75, 3.05) is 34.0 Å². The molecule has 116 valence electrons. The molecule has 1 rings (SSSR count). The lowest BCUT2D eigenvalue weighted by Gasteiger charge is -2.27. The SMILES string of the molecule is COCCN(C(C)COC)S(=O)(=O)c1csc(CN)c1. The highest BCUT2D eigenvalue weighted by Gasteiger charge is 2.29. The highest BCUT2D eigenvalue weighted by molar-refractivity contribution is 7.89. The second-order valence-corrected chi connectivity index (χ2v) is 7.25. The summed E-state index contributed by atoms with van der Waals surface area (Å²) in [4.78, 5) is 1.12. The van der Waals surface area contributed by atoms with Crippen molar-refractivity contribution in [3.63, 3.8) is 0 Å². The van der Waals surface area contributed by atoms with E-state index in [2.05, 4.69) is 0 Å². The van der Waals surface area contributed by atoms with Gasteiger partial charge in [-0.25, -0.2) is 8.42 Å². The molecule has 0 aliphatic rings. The maximum atomic E-state index is 12.7. The first kappa shape index (κ1) is 17.5. The second-order valence-electron chi connectivity index (χ2n) is 4.37. The molecular formula is C12H22N2O4S2. The third-order valence-corrected chi connectivity index (χ3v) is 5.95. The molecule has 0 aromatic carbocycles. The van der Waals surface area contributed by atoms with Gasteiger partial charge in [-0.15, -0.1) is 11.3 Å². The fraction of sp³-hybridized carbons (Fsp3) is 0.667. The Morgan fingerprint density at radius 1 is 1.40 bits per heavy atom. The van der Waals surface area contributed by atoms with Gasteiger partial charge < -0.3 is 15.2 Å². The molecule has 20 heavy (non-hydrogen) atoms. The van der Waals surface area contributed by atoms with Gasteiger partial charge in [0.2, 0.25) is 10.0 Å². The van der Waals surface area contributed by atoms with E-state index in [-0.39, 0.29) is 17.5 Å². The largest absolute Gasteiger partial charge is 0.383 e. The molecule has 1 unspecified atom stereocenters. The topological polar surface area (TPSA) is 81.9 Å². The van der Waals surface area contributed by atoms with Crippen molar-refractivity contribution in [1.29, 1.82) is 0 Å². The van der Waals surface area contributed by atoms with Gasteiger partial charge in [0.05, 0.1) is 18.1 Å². The molecule has 0 bridgehead atoms. The summed E-state index contributed by atoms with van der Waals surface area (Å²) in [5, 5.41) is 1.62. The molecule has 0 radical (unpaired) electrons. The minimum atomic E-state index is -3.56. The van der Waals surface area contributed by atoms with Crippen LogP contribution in [0, 0.1) is 0 Å². The number of nitrogens with zero attached hydrogens (tertiary/aromatic N) is 1. The summed E-state index contributed by atoms with van der Waals surface area (Å²) in [6, 6.07) is 1.36. The maximum absolute atomic E-state index is 12.7. The molecule has 0 spiro atoms. The van der Waals surface area contributed by atoms with Gasteiger partial charge in [0.15, 0.2) is 0 Å². The van der Waals surface area contributed by atoms with E-state index >= 15 is 0 Å². The summed E-state index contributed by atoms with van der Waals surface area (Å²) in [5.41, 5.74) is 5.53. The summed E-state index contributed by atoms with van der Waals surface area (Å²) in [6.45, 7) is 3.11. The second kappa shape index (κ2) is 8.06. The standard InChI is InChI=1S/C12H22N2O4S2/c1-10(8-18-3)14(4-5-17-2)20(15,16)12-6-11(7-13)19-9-12/h6,9-10H,4-5,7-8,13H2,1-3H3. The van der Waals surface area contributed by atoms with Crippen molar-refractivity contribution < 1.29 is 17.9 Å². The maximum Gasteiger partial charge on any atom is 0.244 e. The minimum Gasteiger partial charge on any atom is -0.383 e. The summed E-state index contributed by atoms with van der Waals surface area (Å²) in [6.07, 6.45) is 0. The van der Waals surface area contributed by atoms with E-state index in [4.69, 9.17) is 15.2 Å². The Morgan fingerprint density at radius 2 is 2.10 bits per heavy atom. The number of ether oxygens (including phenoxy) is 2. The molecule has 6 nitrogen and oxygen atoms in total. The highest BCUT2D eigenvalue weighted by Crippen LogP contribution is 2.23. The number of hydrogen-bond donors (Lipinski definition) is 1. The van der Waals surface area contributed by atoms with Gasteiger partial charge in [-0.05, 0) is 13.0 Å². The number of rotatable bonds is 9. The monoisotopic (exact) mass is 322 g/mol. The Balaban J connectivity index is 3.02. The zero-order valence-electron chi connectivity index (χ0n) is 12.0. The van der Waals surface area contributed by atoms with Crippen LogP contribution in [0.25, 0.3) is 0 Å². The van der Waals surface area contributed by atoms with Gasteiger partial charge in [0, 0.05) is 43.6 Å². The zero-order chi connectivity index (χ0) is 15.2. The number of thiophene rings is 1. The zero-order valence-corrected chi connectivity index (χ0v) is 13.7. The molecule has 8 heteroatoms. The fourth-order valence-corrected chi connectivity index (χ4v) is 4.56. The van der Waals surface area contributed by atoms with Crippen LogP contribution in [-0.2, 0) is 26.0 Å². The van der Waals surface area contributed by atoms with E-state index in [1.807, 2.05) is 6.92 Å². The van der Waals surface area contributed by atoms with Crippen LogP contribution in [0.4, 0.5) is 0 Å². The van der Waals surface area contributed by atoms with E-state index in [0.717, 1.165) is 4.88 Å². The van der Waals surface area contributed by atoms with Gasteiger partial charge in [-0.3, -0.25) is 0 Å². The molecule has 2 N–H and O–H groups in total. The van der Waals surface area contributed by atoms with Crippen LogP contribution in [0.3, 0.4) is 0 Å². The van der Waals surface area contributed by atoms with Crippen molar-refractivity contribution in [2.45, 2.75) is 24.4 Å². The Hall–Kier alpha value is -0.510. The molecule has 1 atom stereocenters. The lowest BCUT2D eigenvalue weighted by Crippen LogP contribution is -2.42. The molecule has 0 amide bonds. The summed E-state index contributed by atoms with van der Waals surface area (Å²) in [5.74, 6) is 0. The normalized spacial score (nSPS) is 13.8. The average Bonchev–Trinajstić information content (AvgIpc) is 2.88. The van der Waals surface area contributed by atoms with Gasteiger partial charge in [0.25, 0.3) is 0 Å². The van der Waals surface area contributed by atoms with E-state index in [0.29, 0.717) is 19.8 Å². The third kappa shape index (κ3) is 4.24. The third-order valence-electron chi connectivity index (χ3n) is 2.85. The van der Waals surface area contributed by atoms with E-state index in [1.54, 1.807) is 25.7 Å². The molecule has 0 saturated carbocycles. The lowest BCUT2D eigenvalue weighted by atomic mass is 10.3. The Bertz CT molecular complexity index is 501. The molecule has 1 aromatic rings. The Kier molecular flexibility index (Phi) is 7.07. The predicted molar refractivity (Wildman–Crippen MR) is 79.3 cm³/mol. The van der Waals surface area contributed by atoms with Gasteiger partial charge >= 0.3 is 0 Å². The quantitative estimate of drug-likeness (QED) is 0.730. The van der Waals surface area contributed by atoms with Crippen LogP contribution in [0.15, 0.2) is 16.3 Å².